The second kappa shape index (κ2) is 16.8. The summed E-state index contributed by atoms with van der Waals surface area (Å²) in [6.45, 7) is 4.33. The van der Waals surface area contributed by atoms with Gasteiger partial charge < -0.3 is 34.9 Å². The number of nitrogens with zero attached hydrogens (tertiary/aromatic N) is 1. The molecule has 0 spiro atoms. The van der Waals surface area contributed by atoms with Crippen LogP contribution in [0.5, 0.6) is 0 Å². The number of aliphatic hydroxyl groups is 1. The van der Waals surface area contributed by atoms with E-state index in [1.807, 2.05) is 44.2 Å². The second-order valence-electron chi connectivity index (χ2n) is 9.85. The number of hydrogen-bond acceptors (Lipinski definition) is 10. The third-order valence-corrected chi connectivity index (χ3v) is 5.87. The number of aromatic nitrogens is 1. The summed E-state index contributed by atoms with van der Waals surface area (Å²) < 4.78 is 15.3. The van der Waals surface area contributed by atoms with Gasteiger partial charge in [0.1, 0.15) is 18.3 Å². The first kappa shape index (κ1) is 33.9. The predicted octanol–water partition coefficient (Wildman–Crippen LogP) is 1.38. The van der Waals surface area contributed by atoms with Crippen LogP contribution in [0.4, 0.5) is 0 Å². The molecule has 2 aromatic rings. The maximum absolute atomic E-state index is 13.4. The summed E-state index contributed by atoms with van der Waals surface area (Å²) in [6.07, 6.45) is -2.14. The minimum atomic E-state index is -1.51. The third-order valence-electron chi connectivity index (χ3n) is 5.87. The molecule has 0 aliphatic heterocycles. The fourth-order valence-electron chi connectivity index (χ4n) is 3.81. The van der Waals surface area contributed by atoms with Crippen molar-refractivity contribution in [3.63, 3.8) is 0 Å². The lowest BCUT2D eigenvalue weighted by Gasteiger charge is -2.28. The van der Waals surface area contributed by atoms with E-state index >= 15 is 0 Å². The van der Waals surface area contributed by atoms with Crippen LogP contribution in [0.15, 0.2) is 48.5 Å². The largest absolute Gasteiger partial charge is 0.551 e. The number of amides is 2. The lowest BCUT2D eigenvalue weighted by atomic mass is 9.73. The minimum absolute atomic E-state index is 0.0141. The number of carbonyl (C=O) groups excluding carboxylic acids is 4. The van der Waals surface area contributed by atoms with E-state index in [0.29, 0.717) is 5.69 Å². The van der Waals surface area contributed by atoms with Gasteiger partial charge in [-0.25, -0.2) is 9.78 Å². The van der Waals surface area contributed by atoms with Gasteiger partial charge >= 0.3 is 19.1 Å². The summed E-state index contributed by atoms with van der Waals surface area (Å²) in [5, 5.41) is 24.4. The molecule has 0 fully saturated rings. The predicted molar refractivity (Wildman–Crippen MR) is 151 cm³/mol. The maximum atomic E-state index is 13.4. The zero-order valence-electron chi connectivity index (χ0n) is 23.9. The first-order chi connectivity index (χ1) is 19.9. The number of aliphatic carboxylic acids is 1. The molecule has 3 atom stereocenters. The Balaban J connectivity index is 2.25. The molecule has 1 heterocycles. The van der Waals surface area contributed by atoms with E-state index in [4.69, 9.17) is 14.4 Å². The average Bonchev–Trinajstić information content (AvgIpc) is 2.96. The maximum Gasteiger partial charge on any atom is 0.551 e. The van der Waals surface area contributed by atoms with Crippen LogP contribution in [-0.4, -0.2) is 83.8 Å². The molecule has 4 N–H and O–H groups in total. The van der Waals surface area contributed by atoms with Gasteiger partial charge in [0, 0.05) is 5.56 Å². The van der Waals surface area contributed by atoms with Crippen LogP contribution in [0.2, 0.25) is 0 Å². The lowest BCUT2D eigenvalue weighted by molar-refractivity contribution is -0.146. The Morgan fingerprint density at radius 3 is 2.21 bits per heavy atom. The third kappa shape index (κ3) is 11.3. The normalized spacial score (nSPS) is 12.9. The molecule has 2 amide bonds. The Kier molecular flexibility index (Phi) is 13.6. The Hall–Kier alpha value is -4.30. The van der Waals surface area contributed by atoms with Gasteiger partial charge in [0.05, 0.1) is 37.7 Å². The van der Waals surface area contributed by atoms with E-state index in [1.165, 1.54) is 13.0 Å². The van der Waals surface area contributed by atoms with Crippen LogP contribution in [0.1, 0.15) is 50.5 Å². The van der Waals surface area contributed by atoms with Gasteiger partial charge in [-0.15, -0.1) is 0 Å². The summed E-state index contributed by atoms with van der Waals surface area (Å²) in [4.78, 5) is 65.7. The summed E-state index contributed by atoms with van der Waals surface area (Å²) in [6, 6.07) is 12.6. The topological polar surface area (TPSA) is 190 Å². The van der Waals surface area contributed by atoms with Crippen molar-refractivity contribution in [2.75, 3.05) is 13.7 Å². The molecule has 14 heteroatoms. The smallest absolute Gasteiger partial charge is 0.508 e. The zero-order chi connectivity index (χ0) is 31.2. The number of methoxy groups -OCH3 is 1. The summed E-state index contributed by atoms with van der Waals surface area (Å²) in [5.41, 5.74) is 1.33. The number of nitrogens with one attached hydrogen (secondary N) is 2. The van der Waals surface area contributed by atoms with E-state index < -0.39 is 74.4 Å². The number of carboxylic acids is 1. The number of rotatable bonds is 16. The fraction of sp³-hybridized carbons (Fsp3) is 0.429. The van der Waals surface area contributed by atoms with Gasteiger partial charge in [0.25, 0.3) is 11.9 Å². The summed E-state index contributed by atoms with van der Waals surface area (Å²) in [5.74, 6) is -5.60. The average molecular weight is 585 g/mol. The first-order valence-corrected chi connectivity index (χ1v) is 13.3. The van der Waals surface area contributed by atoms with Crippen molar-refractivity contribution in [1.82, 2.24) is 15.6 Å². The van der Waals surface area contributed by atoms with Crippen molar-refractivity contribution in [3.05, 3.63) is 54.2 Å². The van der Waals surface area contributed by atoms with Crippen LogP contribution >= 0.6 is 0 Å². The molecule has 1 aromatic carbocycles. The Morgan fingerprint density at radius 2 is 1.62 bits per heavy atom. The van der Waals surface area contributed by atoms with E-state index in [2.05, 4.69) is 20.4 Å². The number of hydrogen-bond donors (Lipinski definition) is 4. The molecule has 13 nitrogen and oxygen atoms in total. The van der Waals surface area contributed by atoms with Gasteiger partial charge in [0.15, 0.2) is 0 Å². The van der Waals surface area contributed by atoms with E-state index in [9.17, 15) is 29.1 Å². The highest BCUT2D eigenvalue weighted by Crippen LogP contribution is 2.17. The minimum Gasteiger partial charge on any atom is -0.508 e. The number of carbonyl (C=O) groups is 5. The number of esters is 1. The van der Waals surface area contributed by atoms with Crippen LogP contribution in [0.3, 0.4) is 0 Å². The van der Waals surface area contributed by atoms with E-state index in [0.717, 1.165) is 12.7 Å². The van der Waals surface area contributed by atoms with Gasteiger partial charge in [0.2, 0.25) is 5.91 Å². The molecular formula is C28H36BN3O10. The first-order valence-electron chi connectivity index (χ1n) is 13.3. The molecule has 0 saturated carbocycles. The molecule has 1 unspecified atom stereocenters. The molecule has 226 valence electrons. The van der Waals surface area contributed by atoms with Crippen molar-refractivity contribution in [1.29, 1.82) is 0 Å². The van der Waals surface area contributed by atoms with Crippen molar-refractivity contribution < 1.29 is 48.2 Å². The van der Waals surface area contributed by atoms with Crippen LogP contribution < -0.4 is 10.6 Å². The molecular weight excluding hydrogens is 549 g/mol. The standard InChI is InChI=1S/C28H36BN3O10/c1-17(2)15-22(29(41-16-25(37)40-4)42-24(36)14-13-23(34)35)31-28(39)26(18(3)33)32-27(38)21-12-8-11-20(30-21)19-9-6-5-7-10-19/h5-12,17-18,22,26,33H,13-16H2,1-4H3,(H,31,39)(H,32,38)(H,34,35)/t18-,22+,26?/m1/s1. The van der Waals surface area contributed by atoms with E-state index in [-0.39, 0.29) is 18.0 Å². The zero-order valence-corrected chi connectivity index (χ0v) is 23.9. The molecule has 2 rings (SSSR count). The van der Waals surface area contributed by atoms with Crippen LogP contribution in [0.25, 0.3) is 11.3 Å². The SMILES string of the molecule is COC(=O)COB(OC(=O)CCC(=O)O)[C@H](CC(C)C)NC(=O)C(NC(=O)c1cccc(-c2ccccc2)n1)[C@@H](C)O. The highest BCUT2D eigenvalue weighted by Gasteiger charge is 2.39. The Morgan fingerprint density at radius 1 is 0.929 bits per heavy atom. The van der Waals surface area contributed by atoms with Crippen LogP contribution in [-0.2, 0) is 33.2 Å². The van der Waals surface area contributed by atoms with Gasteiger partial charge in [-0.2, -0.15) is 0 Å². The molecule has 0 aliphatic carbocycles. The van der Waals surface area contributed by atoms with Crippen molar-refractivity contribution in [3.8, 4) is 11.3 Å². The highest BCUT2D eigenvalue weighted by molar-refractivity contribution is 6.49. The van der Waals surface area contributed by atoms with Gasteiger partial charge in [-0.3, -0.25) is 19.2 Å². The quantitative estimate of drug-likeness (QED) is 0.164. The summed E-state index contributed by atoms with van der Waals surface area (Å²) >= 11 is 0. The van der Waals surface area contributed by atoms with Gasteiger partial charge in [-0.1, -0.05) is 50.2 Å². The van der Waals surface area contributed by atoms with Crippen molar-refractivity contribution in [2.45, 2.75) is 58.1 Å². The monoisotopic (exact) mass is 585 g/mol. The molecule has 0 radical (unpaired) electrons. The Bertz CT molecular complexity index is 1230. The van der Waals surface area contributed by atoms with Crippen molar-refractivity contribution >= 4 is 36.8 Å². The molecule has 0 saturated heterocycles. The highest BCUT2D eigenvalue weighted by atomic mass is 16.6. The molecule has 1 aromatic heterocycles. The van der Waals surface area contributed by atoms with Gasteiger partial charge in [-0.05, 0) is 31.4 Å². The molecule has 0 bridgehead atoms. The van der Waals surface area contributed by atoms with Crippen molar-refractivity contribution in [2.24, 2.45) is 5.92 Å². The molecule has 42 heavy (non-hydrogen) atoms. The summed E-state index contributed by atoms with van der Waals surface area (Å²) in [7, 11) is -0.376. The fourth-order valence-corrected chi connectivity index (χ4v) is 3.81. The Labute approximate surface area is 244 Å². The number of aliphatic hydroxyl groups excluding tert-OH is 1. The second-order valence-corrected chi connectivity index (χ2v) is 9.85. The lowest BCUT2D eigenvalue weighted by Crippen LogP contribution is -2.58. The van der Waals surface area contributed by atoms with Crippen LogP contribution in [0, 0.1) is 5.92 Å². The number of pyridine rings is 1. The number of ether oxygens (including phenoxy) is 1. The number of carboxylic acid groups (broad SMARTS) is 1. The van der Waals surface area contributed by atoms with E-state index in [1.54, 1.807) is 12.1 Å². The number of benzene rings is 1. The molecule has 0 aliphatic rings.